The molecule has 2 aromatic carbocycles. The number of carbonyl (C=O) groups excluding carboxylic acids is 2. The number of aliphatic hydroxyl groups is 1. The molecule has 1 aliphatic carbocycles. The molecule has 3 rings (SSSR count). The maximum atomic E-state index is 12.2. The van der Waals surface area contributed by atoms with Gasteiger partial charge in [0, 0.05) is 23.7 Å². The Labute approximate surface area is 147 Å². The summed E-state index contributed by atoms with van der Waals surface area (Å²) < 4.78 is 0. The third kappa shape index (κ3) is 4.25. The Kier molecular flexibility index (Phi) is 5.14. The maximum Gasteiger partial charge on any atom is 0.251 e. The minimum Gasteiger partial charge on any atom is -0.395 e. The van der Waals surface area contributed by atoms with Crippen molar-refractivity contribution >= 4 is 11.8 Å². The topological polar surface area (TPSA) is 78.4 Å². The van der Waals surface area contributed by atoms with E-state index in [1.165, 1.54) is 0 Å². The molecular formula is C20H22N2O3. The van der Waals surface area contributed by atoms with Crippen molar-refractivity contribution in [3.05, 3.63) is 59.2 Å². The molecule has 3 N–H and O–H groups in total. The fourth-order valence-electron chi connectivity index (χ4n) is 2.64. The number of benzene rings is 2. The highest BCUT2D eigenvalue weighted by Crippen LogP contribution is 2.26. The van der Waals surface area contributed by atoms with Crippen molar-refractivity contribution in [3.63, 3.8) is 0 Å². The molecule has 5 heteroatoms. The Balaban J connectivity index is 1.80. The monoisotopic (exact) mass is 338 g/mol. The lowest BCUT2D eigenvalue weighted by atomic mass is 9.97. The van der Waals surface area contributed by atoms with Crippen molar-refractivity contribution in [1.29, 1.82) is 0 Å². The van der Waals surface area contributed by atoms with Gasteiger partial charge in [-0.05, 0) is 60.7 Å². The highest BCUT2D eigenvalue weighted by Gasteiger charge is 2.24. The average molecular weight is 338 g/mol. The van der Waals surface area contributed by atoms with E-state index in [2.05, 4.69) is 10.6 Å². The molecule has 0 radical (unpaired) electrons. The summed E-state index contributed by atoms with van der Waals surface area (Å²) in [6, 6.07) is 13.3. The van der Waals surface area contributed by atoms with Gasteiger partial charge in [-0.15, -0.1) is 0 Å². The van der Waals surface area contributed by atoms with Crippen molar-refractivity contribution < 1.29 is 14.7 Å². The number of carbonyl (C=O) groups is 2. The van der Waals surface area contributed by atoms with E-state index in [0.717, 1.165) is 29.5 Å². The third-order valence-electron chi connectivity index (χ3n) is 4.27. The Bertz CT molecular complexity index is 780. The fraction of sp³-hybridized carbons (Fsp3) is 0.300. The predicted octanol–water partition coefficient (Wildman–Crippen LogP) is 2.28. The lowest BCUT2D eigenvalue weighted by Crippen LogP contribution is -2.26. The van der Waals surface area contributed by atoms with Crippen LogP contribution in [-0.2, 0) is 0 Å². The molecule has 0 bridgehead atoms. The summed E-state index contributed by atoms with van der Waals surface area (Å²) >= 11 is 0. The minimum atomic E-state index is -0.213. The molecule has 0 aromatic heterocycles. The van der Waals surface area contributed by atoms with Crippen LogP contribution in [0.4, 0.5) is 0 Å². The molecule has 5 nitrogen and oxygen atoms in total. The van der Waals surface area contributed by atoms with Crippen molar-refractivity contribution in [2.75, 3.05) is 13.2 Å². The molecule has 0 heterocycles. The van der Waals surface area contributed by atoms with Crippen LogP contribution in [0.15, 0.2) is 42.5 Å². The van der Waals surface area contributed by atoms with E-state index in [1.807, 2.05) is 37.3 Å². The first kappa shape index (κ1) is 17.2. The van der Waals surface area contributed by atoms with E-state index in [1.54, 1.807) is 12.1 Å². The predicted molar refractivity (Wildman–Crippen MR) is 96.5 cm³/mol. The van der Waals surface area contributed by atoms with Crippen LogP contribution < -0.4 is 10.6 Å². The number of amides is 2. The van der Waals surface area contributed by atoms with Crippen molar-refractivity contribution in [2.24, 2.45) is 0 Å². The number of hydrogen-bond donors (Lipinski definition) is 3. The molecule has 0 spiro atoms. The van der Waals surface area contributed by atoms with Gasteiger partial charge in [0.2, 0.25) is 0 Å². The Morgan fingerprint density at radius 2 is 1.72 bits per heavy atom. The van der Waals surface area contributed by atoms with Gasteiger partial charge in [0.25, 0.3) is 11.8 Å². The van der Waals surface area contributed by atoms with Gasteiger partial charge in [-0.2, -0.15) is 0 Å². The number of rotatable bonds is 6. The molecule has 1 saturated carbocycles. The van der Waals surface area contributed by atoms with E-state index < -0.39 is 0 Å². The molecule has 2 aromatic rings. The zero-order valence-corrected chi connectivity index (χ0v) is 14.2. The lowest BCUT2D eigenvalue weighted by molar-refractivity contribution is 0.0939. The number of aliphatic hydroxyl groups excluding tert-OH is 1. The summed E-state index contributed by atoms with van der Waals surface area (Å²) in [5.74, 6) is -0.251. The van der Waals surface area contributed by atoms with Crippen LogP contribution in [0.3, 0.4) is 0 Å². The molecule has 25 heavy (non-hydrogen) atoms. The summed E-state index contributed by atoms with van der Waals surface area (Å²) in [7, 11) is 0. The molecule has 1 fully saturated rings. The quantitative estimate of drug-likeness (QED) is 0.756. The van der Waals surface area contributed by atoms with Crippen LogP contribution in [0.2, 0.25) is 0 Å². The summed E-state index contributed by atoms with van der Waals surface area (Å²) in [5.41, 5.74) is 4.19. The summed E-state index contributed by atoms with van der Waals surface area (Å²) in [6.45, 7) is 2.15. The van der Waals surface area contributed by atoms with E-state index in [9.17, 15) is 9.59 Å². The number of hydrogen-bond acceptors (Lipinski definition) is 3. The molecule has 0 atom stereocenters. The van der Waals surface area contributed by atoms with Crippen molar-refractivity contribution in [3.8, 4) is 11.1 Å². The van der Waals surface area contributed by atoms with E-state index in [4.69, 9.17) is 5.11 Å². The Morgan fingerprint density at radius 3 is 2.36 bits per heavy atom. The first-order valence-corrected chi connectivity index (χ1v) is 8.49. The highest BCUT2D eigenvalue weighted by molar-refractivity contribution is 5.97. The number of nitrogens with one attached hydrogen (secondary N) is 2. The van der Waals surface area contributed by atoms with Gasteiger partial charge in [0.1, 0.15) is 0 Å². The average Bonchev–Trinajstić information content (AvgIpc) is 3.44. The SMILES string of the molecule is Cc1ccc(C(=O)NC2CC2)cc1-c1ccc(C(=O)NCCO)cc1. The van der Waals surface area contributed by atoms with Gasteiger partial charge < -0.3 is 15.7 Å². The second kappa shape index (κ2) is 7.49. The maximum absolute atomic E-state index is 12.2. The van der Waals surface area contributed by atoms with Crippen LogP contribution in [0.1, 0.15) is 39.1 Å². The zero-order chi connectivity index (χ0) is 17.8. The van der Waals surface area contributed by atoms with Gasteiger partial charge in [0.15, 0.2) is 0 Å². The molecule has 0 saturated heterocycles. The van der Waals surface area contributed by atoms with Gasteiger partial charge in [-0.1, -0.05) is 18.2 Å². The van der Waals surface area contributed by atoms with Crippen LogP contribution >= 0.6 is 0 Å². The summed E-state index contributed by atoms with van der Waals surface area (Å²) in [5, 5.41) is 14.4. The first-order chi connectivity index (χ1) is 12.1. The second-order valence-electron chi connectivity index (χ2n) is 6.33. The number of aryl methyl sites for hydroxylation is 1. The van der Waals surface area contributed by atoms with Crippen LogP contribution in [0, 0.1) is 6.92 Å². The standard InChI is InChI=1S/C20H22N2O3/c1-13-2-3-16(20(25)22-17-8-9-17)12-18(13)14-4-6-15(7-5-14)19(24)21-10-11-23/h2-7,12,17,23H,8-11H2,1H3,(H,21,24)(H,22,25). The van der Waals surface area contributed by atoms with Crippen LogP contribution in [0.5, 0.6) is 0 Å². The Hall–Kier alpha value is -2.66. The molecular weight excluding hydrogens is 316 g/mol. The Morgan fingerprint density at radius 1 is 1.04 bits per heavy atom. The molecule has 2 amide bonds. The van der Waals surface area contributed by atoms with Gasteiger partial charge >= 0.3 is 0 Å². The fourth-order valence-corrected chi connectivity index (χ4v) is 2.64. The van der Waals surface area contributed by atoms with E-state index in [-0.39, 0.29) is 25.0 Å². The zero-order valence-electron chi connectivity index (χ0n) is 14.2. The smallest absolute Gasteiger partial charge is 0.251 e. The molecule has 0 unspecified atom stereocenters. The van der Waals surface area contributed by atoms with Crippen molar-refractivity contribution in [2.45, 2.75) is 25.8 Å². The second-order valence-corrected chi connectivity index (χ2v) is 6.33. The minimum absolute atomic E-state index is 0.0382. The van der Waals surface area contributed by atoms with Crippen LogP contribution in [-0.4, -0.2) is 36.1 Å². The summed E-state index contributed by atoms with van der Waals surface area (Å²) in [6.07, 6.45) is 2.12. The van der Waals surface area contributed by atoms with Gasteiger partial charge in [0.05, 0.1) is 6.61 Å². The van der Waals surface area contributed by atoms with E-state index in [0.29, 0.717) is 17.2 Å². The molecule has 1 aliphatic rings. The largest absolute Gasteiger partial charge is 0.395 e. The van der Waals surface area contributed by atoms with Crippen LogP contribution in [0.25, 0.3) is 11.1 Å². The van der Waals surface area contributed by atoms with Gasteiger partial charge in [-0.25, -0.2) is 0 Å². The normalized spacial score (nSPS) is 13.4. The van der Waals surface area contributed by atoms with E-state index >= 15 is 0 Å². The molecule has 0 aliphatic heterocycles. The van der Waals surface area contributed by atoms with Crippen molar-refractivity contribution in [1.82, 2.24) is 10.6 Å². The third-order valence-corrected chi connectivity index (χ3v) is 4.27. The molecule has 130 valence electrons. The van der Waals surface area contributed by atoms with Gasteiger partial charge in [-0.3, -0.25) is 9.59 Å². The highest BCUT2D eigenvalue weighted by atomic mass is 16.3. The lowest BCUT2D eigenvalue weighted by Gasteiger charge is -2.10. The first-order valence-electron chi connectivity index (χ1n) is 8.49. The summed E-state index contributed by atoms with van der Waals surface area (Å²) in [4.78, 5) is 24.1.